The summed E-state index contributed by atoms with van der Waals surface area (Å²) in [5.41, 5.74) is 1.38. The first-order valence-electron chi connectivity index (χ1n) is 11.2. The van der Waals surface area contributed by atoms with Gasteiger partial charge in [-0.2, -0.15) is 0 Å². The summed E-state index contributed by atoms with van der Waals surface area (Å²) in [6.45, 7) is 6.12. The van der Waals surface area contributed by atoms with Crippen LogP contribution >= 0.6 is 11.3 Å². The SMILES string of the molecule is CCOC(=O)c1ccc(N2CCN(C(=O)c3sc(NC(=O)c4cccc(F)c4)cc3C)CC2)nc1. The fourth-order valence-electron chi connectivity index (χ4n) is 3.76. The van der Waals surface area contributed by atoms with Gasteiger partial charge in [0.25, 0.3) is 11.8 Å². The van der Waals surface area contributed by atoms with Crippen molar-refractivity contribution in [2.24, 2.45) is 0 Å². The van der Waals surface area contributed by atoms with E-state index in [-0.39, 0.29) is 11.5 Å². The van der Waals surface area contributed by atoms with Crippen LogP contribution < -0.4 is 10.2 Å². The van der Waals surface area contributed by atoms with Crippen LogP contribution in [0.3, 0.4) is 0 Å². The molecule has 1 fully saturated rings. The molecule has 10 heteroatoms. The molecule has 182 valence electrons. The van der Waals surface area contributed by atoms with Crippen LogP contribution in [0.2, 0.25) is 0 Å². The highest BCUT2D eigenvalue weighted by molar-refractivity contribution is 7.18. The smallest absolute Gasteiger partial charge is 0.339 e. The summed E-state index contributed by atoms with van der Waals surface area (Å²) in [6.07, 6.45) is 1.50. The highest BCUT2D eigenvalue weighted by atomic mass is 32.1. The summed E-state index contributed by atoms with van der Waals surface area (Å²) < 4.78 is 18.4. The molecule has 0 saturated carbocycles. The number of carbonyl (C=O) groups excluding carboxylic acids is 3. The Bertz CT molecular complexity index is 1240. The van der Waals surface area contributed by atoms with Crippen molar-refractivity contribution in [3.8, 4) is 0 Å². The second kappa shape index (κ2) is 10.6. The molecule has 0 spiro atoms. The van der Waals surface area contributed by atoms with E-state index in [9.17, 15) is 18.8 Å². The van der Waals surface area contributed by atoms with E-state index >= 15 is 0 Å². The molecule has 1 aromatic carbocycles. The minimum absolute atomic E-state index is 0.0935. The second-order valence-electron chi connectivity index (χ2n) is 7.99. The number of esters is 1. The lowest BCUT2D eigenvalue weighted by Gasteiger charge is -2.35. The average Bonchev–Trinajstić information content (AvgIpc) is 3.23. The number of carbonyl (C=O) groups is 3. The van der Waals surface area contributed by atoms with Gasteiger partial charge in [-0.05, 0) is 55.8 Å². The molecule has 1 N–H and O–H groups in total. The van der Waals surface area contributed by atoms with Crippen molar-refractivity contribution in [2.75, 3.05) is 43.0 Å². The molecule has 0 aliphatic carbocycles. The Morgan fingerprint density at radius 2 is 1.86 bits per heavy atom. The molecule has 3 aromatic rings. The molecule has 0 bridgehead atoms. The van der Waals surface area contributed by atoms with Gasteiger partial charge in [0.15, 0.2) is 0 Å². The third kappa shape index (κ3) is 5.65. The van der Waals surface area contributed by atoms with Gasteiger partial charge >= 0.3 is 5.97 Å². The summed E-state index contributed by atoms with van der Waals surface area (Å²) in [5.74, 6) is -0.677. The fourth-order valence-corrected chi connectivity index (χ4v) is 4.80. The maximum atomic E-state index is 13.4. The van der Waals surface area contributed by atoms with Gasteiger partial charge in [-0.3, -0.25) is 9.59 Å². The number of nitrogens with one attached hydrogen (secondary N) is 1. The highest BCUT2D eigenvalue weighted by Gasteiger charge is 2.26. The molecule has 4 rings (SSSR count). The van der Waals surface area contributed by atoms with Gasteiger partial charge in [-0.15, -0.1) is 11.3 Å². The normalized spacial score (nSPS) is 13.5. The van der Waals surface area contributed by atoms with Gasteiger partial charge < -0.3 is 19.9 Å². The van der Waals surface area contributed by atoms with Crippen LogP contribution in [0.1, 0.15) is 42.9 Å². The van der Waals surface area contributed by atoms with E-state index < -0.39 is 17.7 Å². The Balaban J connectivity index is 1.36. The van der Waals surface area contributed by atoms with Crippen molar-refractivity contribution >= 4 is 39.9 Å². The molecule has 1 saturated heterocycles. The standard InChI is InChI=1S/C25H25FN4O4S/c1-3-34-25(33)18-7-8-20(27-15-18)29-9-11-30(12-10-29)24(32)22-16(2)13-21(35-22)28-23(31)17-5-4-6-19(26)14-17/h4-8,13-15H,3,9-12H2,1-2H3,(H,28,31). The maximum absolute atomic E-state index is 13.4. The lowest BCUT2D eigenvalue weighted by atomic mass is 10.2. The number of nitrogens with zero attached hydrogens (tertiary/aromatic N) is 3. The van der Waals surface area contributed by atoms with E-state index in [1.54, 1.807) is 30.0 Å². The number of hydrogen-bond donors (Lipinski definition) is 1. The Morgan fingerprint density at radius 3 is 2.51 bits per heavy atom. The van der Waals surface area contributed by atoms with Crippen LogP contribution in [0, 0.1) is 12.7 Å². The van der Waals surface area contributed by atoms with Crippen molar-refractivity contribution in [1.82, 2.24) is 9.88 Å². The van der Waals surface area contributed by atoms with Crippen LogP contribution in [0.15, 0.2) is 48.7 Å². The fraction of sp³-hybridized carbons (Fsp3) is 0.280. The van der Waals surface area contributed by atoms with E-state index in [4.69, 9.17) is 4.74 Å². The van der Waals surface area contributed by atoms with Crippen molar-refractivity contribution in [3.05, 3.63) is 76.0 Å². The number of benzene rings is 1. The van der Waals surface area contributed by atoms with Gasteiger partial charge in [-0.25, -0.2) is 14.2 Å². The lowest BCUT2D eigenvalue weighted by molar-refractivity contribution is 0.0525. The zero-order chi connectivity index (χ0) is 24.9. The second-order valence-corrected chi connectivity index (χ2v) is 9.04. The lowest BCUT2D eigenvalue weighted by Crippen LogP contribution is -2.49. The molecule has 1 aliphatic rings. The molecule has 2 amide bonds. The Morgan fingerprint density at radius 1 is 1.09 bits per heavy atom. The molecular weight excluding hydrogens is 471 g/mol. The minimum atomic E-state index is -0.486. The van der Waals surface area contributed by atoms with Crippen molar-refractivity contribution in [3.63, 3.8) is 0 Å². The number of rotatable bonds is 6. The van der Waals surface area contributed by atoms with Crippen LogP contribution in [0.5, 0.6) is 0 Å². The third-order valence-corrected chi connectivity index (χ3v) is 6.73. The van der Waals surface area contributed by atoms with E-state index in [1.807, 2.05) is 6.92 Å². The van der Waals surface area contributed by atoms with E-state index in [1.165, 1.54) is 41.8 Å². The molecule has 35 heavy (non-hydrogen) atoms. The largest absolute Gasteiger partial charge is 0.462 e. The van der Waals surface area contributed by atoms with Gasteiger partial charge in [0, 0.05) is 37.9 Å². The number of ether oxygens (including phenoxy) is 1. The van der Waals surface area contributed by atoms with E-state index in [0.717, 1.165) is 11.4 Å². The molecular formula is C25H25FN4O4S. The highest BCUT2D eigenvalue weighted by Crippen LogP contribution is 2.29. The predicted octanol–water partition coefficient (Wildman–Crippen LogP) is 3.98. The molecule has 3 heterocycles. The topological polar surface area (TPSA) is 91.8 Å². The first-order valence-corrected chi connectivity index (χ1v) is 12.0. The van der Waals surface area contributed by atoms with Crippen molar-refractivity contribution in [2.45, 2.75) is 13.8 Å². The van der Waals surface area contributed by atoms with Gasteiger partial charge in [0.1, 0.15) is 11.6 Å². The number of thiophene rings is 1. The number of anilines is 2. The Labute approximate surface area is 206 Å². The number of aromatic nitrogens is 1. The zero-order valence-corrected chi connectivity index (χ0v) is 20.2. The third-order valence-electron chi connectivity index (χ3n) is 5.59. The number of piperazine rings is 1. The molecule has 0 unspecified atom stereocenters. The quantitative estimate of drug-likeness (QED) is 0.519. The number of halogens is 1. The van der Waals surface area contributed by atoms with Gasteiger partial charge in [-0.1, -0.05) is 6.07 Å². The van der Waals surface area contributed by atoms with Crippen LogP contribution in [0.4, 0.5) is 15.2 Å². The summed E-state index contributed by atoms with van der Waals surface area (Å²) in [4.78, 5) is 46.1. The molecule has 0 atom stereocenters. The Hall–Kier alpha value is -3.79. The molecule has 2 aromatic heterocycles. The Kier molecular flexibility index (Phi) is 7.40. The monoisotopic (exact) mass is 496 g/mol. The van der Waals surface area contributed by atoms with Crippen LogP contribution in [0.25, 0.3) is 0 Å². The van der Waals surface area contributed by atoms with Crippen LogP contribution in [-0.2, 0) is 4.74 Å². The summed E-state index contributed by atoms with van der Waals surface area (Å²) in [7, 11) is 0. The number of aryl methyl sites for hydroxylation is 1. The minimum Gasteiger partial charge on any atom is -0.462 e. The molecule has 8 nitrogen and oxygen atoms in total. The van der Waals surface area contributed by atoms with Crippen molar-refractivity contribution in [1.29, 1.82) is 0 Å². The zero-order valence-electron chi connectivity index (χ0n) is 19.4. The maximum Gasteiger partial charge on any atom is 0.339 e. The number of amides is 2. The van der Waals surface area contributed by atoms with Crippen molar-refractivity contribution < 1.29 is 23.5 Å². The van der Waals surface area contributed by atoms with Gasteiger partial charge in [0.05, 0.1) is 22.0 Å². The average molecular weight is 497 g/mol. The first kappa shape index (κ1) is 24.3. The van der Waals surface area contributed by atoms with Crippen LogP contribution in [-0.4, -0.2) is 60.5 Å². The molecule has 0 radical (unpaired) electrons. The van der Waals surface area contributed by atoms with Gasteiger partial charge in [0.2, 0.25) is 0 Å². The number of pyridine rings is 1. The van der Waals surface area contributed by atoms with E-state index in [0.29, 0.717) is 48.2 Å². The number of hydrogen-bond acceptors (Lipinski definition) is 7. The summed E-state index contributed by atoms with van der Waals surface area (Å²) in [5, 5.41) is 3.28. The first-order chi connectivity index (χ1) is 16.9. The van der Waals surface area contributed by atoms with E-state index in [2.05, 4.69) is 15.2 Å². The summed E-state index contributed by atoms with van der Waals surface area (Å²) >= 11 is 1.21. The molecule has 1 aliphatic heterocycles. The summed E-state index contributed by atoms with van der Waals surface area (Å²) in [6, 6.07) is 10.7. The predicted molar refractivity (Wildman–Crippen MR) is 132 cm³/mol.